The summed E-state index contributed by atoms with van der Waals surface area (Å²) in [5, 5.41) is 28.1. The zero-order chi connectivity index (χ0) is 25.7. The van der Waals surface area contributed by atoms with Gasteiger partial charge in [-0.05, 0) is 25.4 Å². The molecule has 0 aliphatic heterocycles. The number of nitrogens with zero attached hydrogens (tertiary/aromatic N) is 1. The second kappa shape index (κ2) is 14.9. The number of carbonyl (C=O) groups is 5. The van der Waals surface area contributed by atoms with Gasteiger partial charge in [-0.15, -0.1) is 0 Å². The number of carbonyl (C=O) groups excluding carboxylic acids is 4. The average molecular weight is 502 g/mol. The van der Waals surface area contributed by atoms with E-state index in [-0.39, 0.29) is 12.8 Å². The normalized spacial score (nSPS) is 14.2. The van der Waals surface area contributed by atoms with Crippen LogP contribution >= 0.6 is 11.8 Å². The highest BCUT2D eigenvalue weighted by Gasteiger charge is 2.27. The van der Waals surface area contributed by atoms with E-state index in [1.807, 2.05) is 0 Å². The molecule has 0 aliphatic carbocycles. The first-order valence-electron chi connectivity index (χ1n) is 10.3. The number of H-pyrrole nitrogens is 1. The van der Waals surface area contributed by atoms with Gasteiger partial charge in [0.15, 0.2) is 0 Å². The molecular weight excluding hydrogens is 470 g/mol. The van der Waals surface area contributed by atoms with E-state index in [1.165, 1.54) is 31.2 Å². The number of imidazole rings is 1. The van der Waals surface area contributed by atoms with Crippen molar-refractivity contribution in [2.75, 3.05) is 25.2 Å². The first kappa shape index (κ1) is 28.9. The number of thioether (sulfide) groups is 1. The number of carboxylic acids is 1. The average Bonchev–Trinajstić information content (AvgIpc) is 3.30. The number of aliphatic hydroxyl groups is 1. The topological polar surface area (TPSA) is 229 Å². The van der Waals surface area contributed by atoms with Crippen LogP contribution in [0.5, 0.6) is 0 Å². The molecule has 9 N–H and O–H groups in total. The SMILES string of the molecule is CSCC[C@H](NC(=O)CNC(=O)[C@H](CO)NC(=O)[C@H](C)N)C(=O)N[C@@H](Cc1cnc[nH]1)C(=O)O. The van der Waals surface area contributed by atoms with E-state index >= 15 is 0 Å². The molecule has 14 nitrogen and oxygen atoms in total. The van der Waals surface area contributed by atoms with Gasteiger partial charge in [-0.3, -0.25) is 19.2 Å². The first-order valence-corrected chi connectivity index (χ1v) is 11.7. The summed E-state index contributed by atoms with van der Waals surface area (Å²) in [5.41, 5.74) is 5.91. The molecule has 1 aromatic heterocycles. The summed E-state index contributed by atoms with van der Waals surface area (Å²) in [6.45, 7) is 0.152. The molecule has 1 heterocycles. The molecule has 0 spiro atoms. The van der Waals surface area contributed by atoms with E-state index in [1.54, 1.807) is 6.26 Å². The Labute approximate surface area is 200 Å². The number of aliphatic carboxylic acids is 1. The lowest BCUT2D eigenvalue weighted by Gasteiger charge is -2.22. The zero-order valence-corrected chi connectivity index (χ0v) is 19.7. The van der Waals surface area contributed by atoms with Gasteiger partial charge in [0.25, 0.3) is 0 Å². The van der Waals surface area contributed by atoms with Crippen LogP contribution in [0.1, 0.15) is 19.0 Å². The lowest BCUT2D eigenvalue weighted by Crippen LogP contribution is -2.56. The van der Waals surface area contributed by atoms with Crippen molar-refractivity contribution in [3.8, 4) is 0 Å². The molecule has 0 fully saturated rings. The quantitative estimate of drug-likeness (QED) is 0.119. The molecule has 4 atom stereocenters. The van der Waals surface area contributed by atoms with Gasteiger partial charge in [-0.2, -0.15) is 11.8 Å². The van der Waals surface area contributed by atoms with Crippen LogP contribution in [-0.2, 0) is 30.4 Å². The maximum absolute atomic E-state index is 12.7. The van der Waals surface area contributed by atoms with Gasteiger partial charge < -0.3 is 42.2 Å². The summed E-state index contributed by atoms with van der Waals surface area (Å²) < 4.78 is 0. The molecule has 1 aromatic rings. The first-order chi connectivity index (χ1) is 16.1. The van der Waals surface area contributed by atoms with Crippen LogP contribution in [0.15, 0.2) is 12.5 Å². The highest BCUT2D eigenvalue weighted by atomic mass is 32.2. The smallest absolute Gasteiger partial charge is 0.326 e. The van der Waals surface area contributed by atoms with Crippen molar-refractivity contribution in [1.29, 1.82) is 0 Å². The minimum atomic E-state index is -1.30. The number of amides is 4. The fraction of sp³-hybridized carbons (Fsp3) is 0.579. The highest BCUT2D eigenvalue weighted by molar-refractivity contribution is 7.98. The van der Waals surface area contributed by atoms with E-state index in [9.17, 15) is 34.2 Å². The Balaban J connectivity index is 2.70. The Hall–Kier alpha value is -3.17. The van der Waals surface area contributed by atoms with E-state index in [0.29, 0.717) is 11.4 Å². The Kier molecular flexibility index (Phi) is 12.6. The van der Waals surface area contributed by atoms with Crippen molar-refractivity contribution < 1.29 is 34.2 Å². The van der Waals surface area contributed by atoms with E-state index in [2.05, 4.69) is 31.2 Å². The van der Waals surface area contributed by atoms with Gasteiger partial charge in [0.05, 0.1) is 25.5 Å². The molecule has 1 rings (SSSR count). The van der Waals surface area contributed by atoms with Crippen LogP contribution in [0.2, 0.25) is 0 Å². The number of hydrogen-bond donors (Lipinski definition) is 8. The Morgan fingerprint density at radius 1 is 1.09 bits per heavy atom. The molecule has 0 radical (unpaired) electrons. The number of aromatic nitrogens is 2. The summed E-state index contributed by atoms with van der Waals surface area (Å²) in [5.74, 6) is -3.64. The molecule has 4 amide bonds. The van der Waals surface area contributed by atoms with Crippen LogP contribution in [-0.4, -0.2) is 99.1 Å². The van der Waals surface area contributed by atoms with Crippen molar-refractivity contribution >= 4 is 41.4 Å². The summed E-state index contributed by atoms with van der Waals surface area (Å²) in [4.78, 5) is 66.9. The molecule has 0 bridgehead atoms. The van der Waals surface area contributed by atoms with E-state index in [4.69, 9.17) is 5.73 Å². The summed E-state index contributed by atoms with van der Waals surface area (Å²) in [7, 11) is 0. The fourth-order valence-corrected chi connectivity index (χ4v) is 3.10. The number of hydrogen-bond acceptors (Lipinski definition) is 9. The molecule has 0 aliphatic rings. The van der Waals surface area contributed by atoms with Crippen LogP contribution in [0.3, 0.4) is 0 Å². The predicted octanol–water partition coefficient (Wildman–Crippen LogP) is -3.30. The van der Waals surface area contributed by atoms with Crippen LogP contribution < -0.4 is 27.0 Å². The third kappa shape index (κ3) is 10.2. The van der Waals surface area contributed by atoms with Gasteiger partial charge in [0.1, 0.15) is 18.1 Å². The molecule has 0 saturated heterocycles. The predicted molar refractivity (Wildman–Crippen MR) is 122 cm³/mol. The van der Waals surface area contributed by atoms with Crippen LogP contribution in [0, 0.1) is 0 Å². The number of nitrogens with two attached hydrogens (primary N) is 1. The number of aliphatic hydroxyl groups excluding tert-OH is 1. The van der Waals surface area contributed by atoms with Crippen molar-refractivity contribution in [2.45, 2.75) is 43.9 Å². The molecule has 190 valence electrons. The fourth-order valence-electron chi connectivity index (χ4n) is 2.63. The van der Waals surface area contributed by atoms with Crippen molar-refractivity contribution in [3.05, 3.63) is 18.2 Å². The highest BCUT2D eigenvalue weighted by Crippen LogP contribution is 2.04. The minimum Gasteiger partial charge on any atom is -0.480 e. The van der Waals surface area contributed by atoms with Gasteiger partial charge >= 0.3 is 5.97 Å². The van der Waals surface area contributed by atoms with Gasteiger partial charge in [-0.1, -0.05) is 0 Å². The maximum atomic E-state index is 12.7. The summed E-state index contributed by atoms with van der Waals surface area (Å²) >= 11 is 1.43. The second-order valence-corrected chi connectivity index (χ2v) is 8.32. The van der Waals surface area contributed by atoms with E-state index in [0.717, 1.165) is 0 Å². The summed E-state index contributed by atoms with van der Waals surface area (Å²) in [6, 6.07) is -4.50. The molecule has 15 heteroatoms. The molecule has 34 heavy (non-hydrogen) atoms. The molecular formula is C19H31N7O7S. The van der Waals surface area contributed by atoms with Gasteiger partial charge in [0.2, 0.25) is 23.6 Å². The van der Waals surface area contributed by atoms with Crippen molar-refractivity contribution in [3.63, 3.8) is 0 Å². The van der Waals surface area contributed by atoms with Gasteiger partial charge in [-0.25, -0.2) is 9.78 Å². The minimum absolute atomic E-state index is 0.0317. The number of carboxylic acid groups (broad SMARTS) is 1. The van der Waals surface area contributed by atoms with E-state index < -0.39 is 66.9 Å². The van der Waals surface area contributed by atoms with Crippen molar-refractivity contribution in [2.24, 2.45) is 5.73 Å². The van der Waals surface area contributed by atoms with Crippen molar-refractivity contribution in [1.82, 2.24) is 31.2 Å². The number of nitrogens with one attached hydrogen (secondary N) is 5. The Bertz CT molecular complexity index is 835. The molecule has 0 unspecified atom stereocenters. The summed E-state index contributed by atoms with van der Waals surface area (Å²) in [6.07, 6.45) is 4.81. The van der Waals surface area contributed by atoms with Crippen LogP contribution in [0.4, 0.5) is 0 Å². The largest absolute Gasteiger partial charge is 0.480 e. The van der Waals surface area contributed by atoms with Gasteiger partial charge in [0, 0.05) is 18.3 Å². The lowest BCUT2D eigenvalue weighted by atomic mass is 10.1. The lowest BCUT2D eigenvalue weighted by molar-refractivity contribution is -0.142. The monoisotopic (exact) mass is 501 g/mol. The third-order valence-electron chi connectivity index (χ3n) is 4.51. The third-order valence-corrected chi connectivity index (χ3v) is 5.15. The second-order valence-electron chi connectivity index (χ2n) is 7.33. The molecule has 0 saturated carbocycles. The van der Waals surface area contributed by atoms with Crippen LogP contribution in [0.25, 0.3) is 0 Å². The Morgan fingerprint density at radius 3 is 2.29 bits per heavy atom. The standard InChI is InChI=1S/C19H31N7O7S/c1-10(20)16(29)26-14(8-27)17(30)22-7-15(28)24-12(3-4-34-2)18(31)25-13(19(32)33)5-11-6-21-9-23-11/h6,9-10,12-14,27H,3-5,7-8,20H2,1-2H3,(H,21,23)(H,22,30)(H,24,28)(H,25,31)(H,26,29)(H,32,33)/t10-,12-,13-,14-/m0/s1. The number of aromatic amines is 1. The Morgan fingerprint density at radius 2 is 1.76 bits per heavy atom. The zero-order valence-electron chi connectivity index (χ0n) is 18.9. The number of rotatable bonds is 15. The molecule has 0 aromatic carbocycles. The maximum Gasteiger partial charge on any atom is 0.326 e.